The number of hydrogen-bond donors (Lipinski definition) is 0. The van der Waals surface area contributed by atoms with Crippen molar-refractivity contribution in [3.8, 4) is 16.9 Å². The Morgan fingerprint density at radius 3 is 2.50 bits per heavy atom. The topological polar surface area (TPSA) is 9.23 Å². The van der Waals surface area contributed by atoms with E-state index in [-0.39, 0.29) is 11.2 Å². The van der Waals surface area contributed by atoms with Gasteiger partial charge >= 0.3 is 0 Å². The Morgan fingerprint density at radius 1 is 1.12 bits per heavy atom. The van der Waals surface area contributed by atoms with Crippen molar-refractivity contribution < 1.29 is 9.13 Å². The molecule has 2 heteroatoms. The summed E-state index contributed by atoms with van der Waals surface area (Å²) in [7, 11) is 1.63. The molecule has 140 valence electrons. The van der Waals surface area contributed by atoms with Crippen molar-refractivity contribution in [2.24, 2.45) is 11.3 Å². The highest BCUT2D eigenvalue weighted by Crippen LogP contribution is 2.51. The molecule has 0 aromatic heterocycles. The zero-order chi connectivity index (χ0) is 18.9. The first-order valence-electron chi connectivity index (χ1n) is 9.78. The van der Waals surface area contributed by atoms with E-state index in [9.17, 15) is 4.39 Å². The molecule has 0 unspecified atom stereocenters. The average molecular weight is 355 g/mol. The molecule has 0 N–H and O–H groups in total. The Morgan fingerprint density at radius 2 is 1.88 bits per heavy atom. The first kappa shape index (κ1) is 18.9. The molecule has 0 radical (unpaired) electrons. The molecular weight excluding hydrogens is 323 g/mol. The highest BCUT2D eigenvalue weighted by atomic mass is 19.1. The summed E-state index contributed by atoms with van der Waals surface area (Å²) < 4.78 is 20.1. The normalized spacial score (nSPS) is 19.1. The summed E-state index contributed by atoms with van der Waals surface area (Å²) in [6.45, 7) is 9.20. The van der Waals surface area contributed by atoms with Gasteiger partial charge in [-0.2, -0.15) is 0 Å². The summed E-state index contributed by atoms with van der Waals surface area (Å²) in [6, 6.07) is 11.7. The summed E-state index contributed by atoms with van der Waals surface area (Å²) in [5.41, 5.74) is 4.58. The van der Waals surface area contributed by atoms with Gasteiger partial charge in [0, 0.05) is 5.56 Å². The van der Waals surface area contributed by atoms with Crippen molar-refractivity contribution in [1.82, 2.24) is 0 Å². The molecule has 2 aromatic rings. The second-order valence-electron chi connectivity index (χ2n) is 8.80. The Hall–Kier alpha value is -1.83. The molecular formula is C24H31FO. The molecule has 1 aliphatic carbocycles. The van der Waals surface area contributed by atoms with Gasteiger partial charge in [-0.15, -0.1) is 0 Å². The van der Waals surface area contributed by atoms with E-state index in [4.69, 9.17) is 4.74 Å². The summed E-state index contributed by atoms with van der Waals surface area (Å²) in [5.74, 6) is 1.60. The standard InChI is InChI=1S/C24H31FO/c1-16(2)13-17-8-10-19(21-15-18(26-5)9-11-23(21)25)20(14-17)22-7-6-12-24(22,3)4/h8-11,14-16,22H,6-7,12-13H2,1-5H3/t22-/m0/s1. The Kier molecular flexibility index (Phi) is 5.41. The van der Waals surface area contributed by atoms with Crippen molar-refractivity contribution in [3.05, 3.63) is 53.3 Å². The molecule has 26 heavy (non-hydrogen) atoms. The Balaban J connectivity index is 2.15. The van der Waals surface area contributed by atoms with Crippen LogP contribution < -0.4 is 4.74 Å². The fourth-order valence-corrected chi connectivity index (χ4v) is 4.49. The van der Waals surface area contributed by atoms with Crippen LogP contribution in [-0.4, -0.2) is 7.11 Å². The second kappa shape index (κ2) is 7.42. The first-order chi connectivity index (χ1) is 12.3. The highest BCUT2D eigenvalue weighted by molar-refractivity contribution is 5.71. The summed E-state index contributed by atoms with van der Waals surface area (Å²) >= 11 is 0. The van der Waals surface area contributed by atoms with E-state index in [0.29, 0.717) is 23.1 Å². The molecule has 1 aliphatic rings. The lowest BCUT2D eigenvalue weighted by Gasteiger charge is -2.30. The van der Waals surface area contributed by atoms with E-state index in [1.165, 1.54) is 36.5 Å². The molecule has 1 nitrogen and oxygen atoms in total. The van der Waals surface area contributed by atoms with Gasteiger partial charge in [-0.3, -0.25) is 0 Å². The van der Waals surface area contributed by atoms with Gasteiger partial charge in [0.1, 0.15) is 11.6 Å². The molecule has 1 atom stereocenters. The first-order valence-corrected chi connectivity index (χ1v) is 9.78. The molecule has 0 saturated heterocycles. The molecule has 1 saturated carbocycles. The van der Waals surface area contributed by atoms with Crippen LogP contribution in [0.5, 0.6) is 5.75 Å². The van der Waals surface area contributed by atoms with Gasteiger partial charge in [0.05, 0.1) is 7.11 Å². The Bertz CT molecular complexity index is 776. The summed E-state index contributed by atoms with van der Waals surface area (Å²) in [5, 5.41) is 0. The van der Waals surface area contributed by atoms with Crippen LogP contribution in [0.15, 0.2) is 36.4 Å². The fraction of sp³-hybridized carbons (Fsp3) is 0.500. The minimum Gasteiger partial charge on any atom is -0.497 e. The minimum atomic E-state index is -0.181. The fourth-order valence-electron chi connectivity index (χ4n) is 4.49. The monoisotopic (exact) mass is 354 g/mol. The lowest BCUT2D eigenvalue weighted by Crippen LogP contribution is -2.16. The molecule has 0 aliphatic heterocycles. The van der Waals surface area contributed by atoms with Crippen LogP contribution in [0.4, 0.5) is 4.39 Å². The van der Waals surface area contributed by atoms with Crippen molar-refractivity contribution in [2.75, 3.05) is 7.11 Å². The van der Waals surface area contributed by atoms with Gasteiger partial charge in [0.25, 0.3) is 0 Å². The van der Waals surface area contributed by atoms with Gasteiger partial charge in [0.2, 0.25) is 0 Å². The lowest BCUT2D eigenvalue weighted by molar-refractivity contribution is 0.332. The van der Waals surface area contributed by atoms with Crippen molar-refractivity contribution in [1.29, 1.82) is 0 Å². The average Bonchev–Trinajstić information content (AvgIpc) is 2.94. The largest absolute Gasteiger partial charge is 0.497 e. The molecule has 1 fully saturated rings. The van der Waals surface area contributed by atoms with E-state index in [1.807, 2.05) is 6.07 Å². The third kappa shape index (κ3) is 3.79. The van der Waals surface area contributed by atoms with E-state index in [1.54, 1.807) is 13.2 Å². The maximum atomic E-state index is 14.7. The van der Waals surface area contributed by atoms with Crippen LogP contribution in [0, 0.1) is 17.2 Å². The molecule has 0 heterocycles. The number of benzene rings is 2. The summed E-state index contributed by atoms with van der Waals surface area (Å²) in [4.78, 5) is 0. The van der Waals surface area contributed by atoms with Crippen molar-refractivity contribution in [3.63, 3.8) is 0 Å². The smallest absolute Gasteiger partial charge is 0.131 e. The SMILES string of the molecule is COc1ccc(F)c(-c2ccc(CC(C)C)cc2[C@@H]2CCCC2(C)C)c1. The van der Waals surface area contributed by atoms with Gasteiger partial charge < -0.3 is 4.74 Å². The maximum absolute atomic E-state index is 14.7. The quantitative estimate of drug-likeness (QED) is 0.562. The van der Waals surface area contributed by atoms with Crippen LogP contribution in [0.3, 0.4) is 0 Å². The van der Waals surface area contributed by atoms with Crippen LogP contribution >= 0.6 is 0 Å². The molecule has 0 amide bonds. The Labute approximate surface area is 157 Å². The van der Waals surface area contributed by atoms with Gasteiger partial charge in [0.15, 0.2) is 0 Å². The van der Waals surface area contributed by atoms with E-state index in [2.05, 4.69) is 45.9 Å². The molecule has 3 rings (SSSR count). The minimum absolute atomic E-state index is 0.181. The molecule has 0 spiro atoms. The van der Waals surface area contributed by atoms with Crippen LogP contribution in [-0.2, 0) is 6.42 Å². The summed E-state index contributed by atoms with van der Waals surface area (Å²) in [6.07, 6.45) is 4.70. The van der Waals surface area contributed by atoms with Gasteiger partial charge in [-0.05, 0) is 71.4 Å². The number of ether oxygens (including phenoxy) is 1. The van der Waals surface area contributed by atoms with Crippen LogP contribution in [0.25, 0.3) is 11.1 Å². The third-order valence-corrected chi connectivity index (χ3v) is 5.86. The van der Waals surface area contributed by atoms with E-state index >= 15 is 0 Å². The molecule has 0 bridgehead atoms. The predicted octanol–water partition coefficient (Wildman–Crippen LogP) is 6.99. The zero-order valence-electron chi connectivity index (χ0n) is 16.7. The predicted molar refractivity (Wildman–Crippen MR) is 107 cm³/mol. The maximum Gasteiger partial charge on any atom is 0.131 e. The lowest BCUT2D eigenvalue weighted by atomic mass is 9.75. The number of halogens is 1. The number of rotatable bonds is 5. The van der Waals surface area contributed by atoms with E-state index < -0.39 is 0 Å². The highest BCUT2D eigenvalue weighted by Gasteiger charge is 2.37. The molecule has 2 aromatic carbocycles. The van der Waals surface area contributed by atoms with Crippen molar-refractivity contribution in [2.45, 2.75) is 59.3 Å². The third-order valence-electron chi connectivity index (χ3n) is 5.86. The number of hydrogen-bond acceptors (Lipinski definition) is 1. The number of methoxy groups -OCH3 is 1. The zero-order valence-corrected chi connectivity index (χ0v) is 16.7. The van der Waals surface area contributed by atoms with Gasteiger partial charge in [-0.1, -0.05) is 52.3 Å². The van der Waals surface area contributed by atoms with Crippen LogP contribution in [0.2, 0.25) is 0 Å². The van der Waals surface area contributed by atoms with E-state index in [0.717, 1.165) is 12.0 Å². The van der Waals surface area contributed by atoms with Crippen LogP contribution in [0.1, 0.15) is 64.0 Å². The van der Waals surface area contributed by atoms with Crippen molar-refractivity contribution >= 4 is 0 Å². The second-order valence-corrected chi connectivity index (χ2v) is 8.80. The van der Waals surface area contributed by atoms with Gasteiger partial charge in [-0.25, -0.2) is 4.39 Å².